The van der Waals surface area contributed by atoms with Crippen molar-refractivity contribution in [3.05, 3.63) is 29.8 Å². The number of amides is 2. The number of nitrogens with one attached hydrogen (secondary N) is 2. The fraction of sp³-hybridized carbons (Fsp3) is 0.429. The molecule has 1 aromatic carbocycles. The number of carbonyl (C=O) groups is 2. The summed E-state index contributed by atoms with van der Waals surface area (Å²) >= 11 is 0. The molecule has 19 heavy (non-hydrogen) atoms. The van der Waals surface area contributed by atoms with Crippen molar-refractivity contribution in [2.24, 2.45) is 5.92 Å². The zero-order valence-electron chi connectivity index (χ0n) is 11.3. The van der Waals surface area contributed by atoms with Crippen molar-refractivity contribution in [3.8, 4) is 0 Å². The Morgan fingerprint density at radius 2 is 2.00 bits per heavy atom. The summed E-state index contributed by atoms with van der Waals surface area (Å²) < 4.78 is 0. The Labute approximate surface area is 113 Å². The Morgan fingerprint density at radius 3 is 2.58 bits per heavy atom. The van der Waals surface area contributed by atoms with Crippen molar-refractivity contribution in [2.45, 2.75) is 6.42 Å². The number of anilines is 1. The first-order valence-corrected chi connectivity index (χ1v) is 6.39. The second-order valence-electron chi connectivity index (χ2n) is 5.02. The number of para-hydroxylation sites is 1. The average molecular weight is 261 g/mol. The Kier molecular flexibility index (Phi) is 4.16. The Bertz CT molecular complexity index is 481. The standard InChI is InChI=1S/C14H19N3O2/c1-17(2)14(19)11-5-3-4-6-12(11)16-13(18)7-10-8-15-9-10/h3-6,10,15H,7-9H2,1-2H3,(H,16,18). The monoisotopic (exact) mass is 261 g/mol. The lowest BCUT2D eigenvalue weighted by molar-refractivity contribution is -0.117. The van der Waals surface area contributed by atoms with E-state index in [1.54, 1.807) is 32.3 Å². The molecule has 0 spiro atoms. The van der Waals surface area contributed by atoms with E-state index in [0.29, 0.717) is 23.6 Å². The molecule has 0 aliphatic carbocycles. The molecule has 0 saturated carbocycles. The van der Waals surface area contributed by atoms with Crippen LogP contribution in [0.5, 0.6) is 0 Å². The molecule has 1 saturated heterocycles. The third-order valence-corrected chi connectivity index (χ3v) is 3.18. The Balaban J connectivity index is 2.06. The van der Waals surface area contributed by atoms with E-state index in [4.69, 9.17) is 0 Å². The van der Waals surface area contributed by atoms with Crippen LogP contribution in [0.25, 0.3) is 0 Å². The van der Waals surface area contributed by atoms with E-state index in [2.05, 4.69) is 10.6 Å². The molecule has 0 bridgehead atoms. The first-order valence-electron chi connectivity index (χ1n) is 6.39. The normalized spacial score (nSPS) is 14.6. The van der Waals surface area contributed by atoms with Gasteiger partial charge in [-0.25, -0.2) is 0 Å². The number of benzene rings is 1. The van der Waals surface area contributed by atoms with Gasteiger partial charge < -0.3 is 15.5 Å². The van der Waals surface area contributed by atoms with E-state index in [1.807, 2.05) is 6.07 Å². The highest BCUT2D eigenvalue weighted by molar-refractivity contribution is 6.03. The fourth-order valence-electron chi connectivity index (χ4n) is 1.98. The van der Waals surface area contributed by atoms with Crippen LogP contribution >= 0.6 is 0 Å². The minimum atomic E-state index is -0.110. The maximum Gasteiger partial charge on any atom is 0.255 e. The molecule has 102 valence electrons. The lowest BCUT2D eigenvalue weighted by Crippen LogP contribution is -2.43. The van der Waals surface area contributed by atoms with Crippen molar-refractivity contribution in [2.75, 3.05) is 32.5 Å². The van der Waals surface area contributed by atoms with E-state index in [1.165, 1.54) is 4.90 Å². The van der Waals surface area contributed by atoms with Crippen LogP contribution in [0.4, 0.5) is 5.69 Å². The van der Waals surface area contributed by atoms with Gasteiger partial charge >= 0.3 is 0 Å². The van der Waals surface area contributed by atoms with Gasteiger partial charge in [-0.05, 0) is 31.1 Å². The van der Waals surface area contributed by atoms with Gasteiger partial charge in [0.25, 0.3) is 5.91 Å². The van der Waals surface area contributed by atoms with Crippen LogP contribution in [0.15, 0.2) is 24.3 Å². The third-order valence-electron chi connectivity index (χ3n) is 3.18. The summed E-state index contributed by atoms with van der Waals surface area (Å²) in [6.07, 6.45) is 0.498. The van der Waals surface area contributed by atoms with Crippen molar-refractivity contribution >= 4 is 17.5 Å². The van der Waals surface area contributed by atoms with Crippen molar-refractivity contribution in [1.82, 2.24) is 10.2 Å². The molecule has 0 atom stereocenters. The van der Waals surface area contributed by atoms with Crippen LogP contribution in [0.1, 0.15) is 16.8 Å². The number of hydrogen-bond acceptors (Lipinski definition) is 3. The SMILES string of the molecule is CN(C)C(=O)c1ccccc1NC(=O)CC1CNC1. The molecule has 2 amide bonds. The van der Waals surface area contributed by atoms with Gasteiger partial charge in [-0.2, -0.15) is 0 Å². The topological polar surface area (TPSA) is 61.4 Å². The summed E-state index contributed by atoms with van der Waals surface area (Å²) in [5.41, 5.74) is 1.10. The smallest absolute Gasteiger partial charge is 0.255 e. The van der Waals surface area contributed by atoms with Crippen molar-refractivity contribution < 1.29 is 9.59 Å². The van der Waals surface area contributed by atoms with Gasteiger partial charge in [0.15, 0.2) is 0 Å². The van der Waals surface area contributed by atoms with Crippen LogP contribution in [0, 0.1) is 5.92 Å². The van der Waals surface area contributed by atoms with E-state index in [9.17, 15) is 9.59 Å². The first kappa shape index (κ1) is 13.5. The molecule has 5 heteroatoms. The molecule has 0 unspecified atom stereocenters. The van der Waals surface area contributed by atoms with Gasteiger partial charge in [0, 0.05) is 20.5 Å². The van der Waals surface area contributed by atoms with E-state index < -0.39 is 0 Å². The zero-order valence-corrected chi connectivity index (χ0v) is 11.3. The van der Waals surface area contributed by atoms with Gasteiger partial charge in [-0.3, -0.25) is 9.59 Å². The van der Waals surface area contributed by atoms with Crippen LogP contribution < -0.4 is 10.6 Å². The maximum absolute atomic E-state index is 12.0. The molecular formula is C14H19N3O2. The molecular weight excluding hydrogens is 242 g/mol. The number of hydrogen-bond donors (Lipinski definition) is 2. The first-order chi connectivity index (χ1) is 9.08. The molecule has 5 nitrogen and oxygen atoms in total. The summed E-state index contributed by atoms with van der Waals surface area (Å²) in [6.45, 7) is 1.79. The molecule has 1 aliphatic rings. The van der Waals surface area contributed by atoms with Crippen LogP contribution in [-0.2, 0) is 4.79 Å². The number of carbonyl (C=O) groups excluding carboxylic acids is 2. The summed E-state index contributed by atoms with van der Waals surface area (Å²) in [6, 6.07) is 7.09. The Hall–Kier alpha value is -1.88. The molecule has 2 N–H and O–H groups in total. The van der Waals surface area contributed by atoms with Crippen molar-refractivity contribution in [1.29, 1.82) is 0 Å². The number of nitrogens with zero attached hydrogens (tertiary/aromatic N) is 1. The van der Waals surface area contributed by atoms with Crippen molar-refractivity contribution in [3.63, 3.8) is 0 Å². The minimum Gasteiger partial charge on any atom is -0.345 e. The molecule has 0 aromatic heterocycles. The Morgan fingerprint density at radius 1 is 1.32 bits per heavy atom. The van der Waals surface area contributed by atoms with E-state index >= 15 is 0 Å². The second-order valence-corrected chi connectivity index (χ2v) is 5.02. The summed E-state index contributed by atoms with van der Waals surface area (Å²) in [7, 11) is 3.39. The lowest BCUT2D eigenvalue weighted by Gasteiger charge is -2.26. The van der Waals surface area contributed by atoms with Crippen LogP contribution in [-0.4, -0.2) is 43.9 Å². The van der Waals surface area contributed by atoms with Gasteiger partial charge in [0.2, 0.25) is 5.91 Å². The zero-order chi connectivity index (χ0) is 13.8. The summed E-state index contributed by atoms with van der Waals surface area (Å²) in [4.78, 5) is 25.4. The van der Waals surface area contributed by atoms with E-state index in [0.717, 1.165) is 13.1 Å². The van der Waals surface area contributed by atoms with Crippen LogP contribution in [0.3, 0.4) is 0 Å². The molecule has 1 heterocycles. The predicted octanol–water partition coefficient (Wildman–Crippen LogP) is 0.936. The lowest BCUT2D eigenvalue weighted by atomic mass is 9.99. The van der Waals surface area contributed by atoms with E-state index in [-0.39, 0.29) is 11.8 Å². The molecule has 2 rings (SSSR count). The highest BCUT2D eigenvalue weighted by Crippen LogP contribution is 2.18. The van der Waals surface area contributed by atoms with Gasteiger partial charge in [0.05, 0.1) is 11.3 Å². The quantitative estimate of drug-likeness (QED) is 0.848. The number of rotatable bonds is 4. The van der Waals surface area contributed by atoms with Gasteiger partial charge in [0.1, 0.15) is 0 Å². The van der Waals surface area contributed by atoms with Crippen LogP contribution in [0.2, 0.25) is 0 Å². The highest BCUT2D eigenvalue weighted by atomic mass is 16.2. The van der Waals surface area contributed by atoms with Gasteiger partial charge in [-0.1, -0.05) is 12.1 Å². The maximum atomic E-state index is 12.0. The molecule has 1 aliphatic heterocycles. The third kappa shape index (κ3) is 3.32. The molecule has 1 fully saturated rings. The summed E-state index contributed by atoms with van der Waals surface area (Å²) in [5, 5.41) is 5.97. The van der Waals surface area contributed by atoms with Gasteiger partial charge in [-0.15, -0.1) is 0 Å². The highest BCUT2D eigenvalue weighted by Gasteiger charge is 2.21. The molecule has 1 aromatic rings. The summed E-state index contributed by atoms with van der Waals surface area (Å²) in [5.74, 6) is 0.267. The predicted molar refractivity (Wildman–Crippen MR) is 74.1 cm³/mol. The average Bonchev–Trinajstić information content (AvgIpc) is 2.33. The largest absolute Gasteiger partial charge is 0.345 e. The minimum absolute atomic E-state index is 0.0366. The fourth-order valence-corrected chi connectivity index (χ4v) is 1.98. The molecule has 0 radical (unpaired) electrons. The second kappa shape index (κ2) is 5.84.